The van der Waals surface area contributed by atoms with Crippen LogP contribution in [0.1, 0.15) is 6.92 Å². The molecular weight excluding hydrogens is 250 g/mol. The molecule has 0 aliphatic rings. The van der Waals surface area contributed by atoms with Crippen molar-refractivity contribution in [3.8, 4) is 22.9 Å². The number of methoxy groups -OCH3 is 2. The van der Waals surface area contributed by atoms with Crippen LogP contribution in [0.25, 0.3) is 11.4 Å². The van der Waals surface area contributed by atoms with Gasteiger partial charge in [-0.15, -0.1) is 5.10 Å². The summed E-state index contributed by atoms with van der Waals surface area (Å²) in [5.41, 5.74) is 0.869. The van der Waals surface area contributed by atoms with Crippen LogP contribution in [0.4, 0.5) is 0 Å². The van der Waals surface area contributed by atoms with E-state index in [1.54, 1.807) is 26.0 Å². The van der Waals surface area contributed by atoms with Crippen LogP contribution in [-0.4, -0.2) is 35.2 Å². The van der Waals surface area contributed by atoms with Crippen LogP contribution in [0, 0.1) is 0 Å². The van der Waals surface area contributed by atoms with Crippen LogP contribution < -0.4 is 9.47 Å². The fourth-order valence-corrected chi connectivity index (χ4v) is 2.08. The summed E-state index contributed by atoms with van der Waals surface area (Å²) >= 11 is 1.59. The van der Waals surface area contributed by atoms with E-state index in [1.807, 2.05) is 18.2 Å². The van der Waals surface area contributed by atoms with Crippen molar-refractivity contribution >= 4 is 11.8 Å². The Morgan fingerprint density at radius 2 is 2.11 bits per heavy atom. The number of nitrogens with one attached hydrogen (secondary N) is 1. The molecule has 0 amide bonds. The lowest BCUT2D eigenvalue weighted by atomic mass is 10.2. The molecule has 0 spiro atoms. The summed E-state index contributed by atoms with van der Waals surface area (Å²) in [6.45, 7) is 2.06. The lowest BCUT2D eigenvalue weighted by Crippen LogP contribution is -1.91. The lowest BCUT2D eigenvalue weighted by molar-refractivity contribution is 0.395. The van der Waals surface area contributed by atoms with E-state index >= 15 is 0 Å². The molecule has 0 saturated carbocycles. The van der Waals surface area contributed by atoms with Gasteiger partial charge in [-0.3, -0.25) is 5.10 Å². The van der Waals surface area contributed by atoms with Crippen molar-refractivity contribution in [3.63, 3.8) is 0 Å². The molecule has 96 valence electrons. The van der Waals surface area contributed by atoms with Crippen LogP contribution in [0.2, 0.25) is 0 Å². The fraction of sp³-hybridized carbons (Fsp3) is 0.333. The van der Waals surface area contributed by atoms with Crippen molar-refractivity contribution in [2.75, 3.05) is 20.0 Å². The van der Waals surface area contributed by atoms with Crippen molar-refractivity contribution in [1.29, 1.82) is 0 Å². The summed E-state index contributed by atoms with van der Waals surface area (Å²) in [4.78, 5) is 4.41. The van der Waals surface area contributed by atoms with Crippen molar-refractivity contribution in [2.24, 2.45) is 0 Å². The number of hydrogen-bond acceptors (Lipinski definition) is 5. The molecule has 0 radical (unpaired) electrons. The SMILES string of the molecule is CCSc1n[nH]c(-c2ccc(OC)cc2OC)n1. The minimum absolute atomic E-state index is 0.699. The summed E-state index contributed by atoms with van der Waals surface area (Å²) < 4.78 is 10.5. The zero-order valence-electron chi connectivity index (χ0n) is 10.6. The number of ether oxygens (including phenoxy) is 2. The van der Waals surface area contributed by atoms with Gasteiger partial charge in [-0.2, -0.15) is 0 Å². The van der Waals surface area contributed by atoms with Gasteiger partial charge >= 0.3 is 0 Å². The molecule has 0 atom stereocenters. The van der Waals surface area contributed by atoms with Gasteiger partial charge in [0.2, 0.25) is 5.16 Å². The largest absolute Gasteiger partial charge is 0.497 e. The third-order valence-electron chi connectivity index (χ3n) is 2.40. The number of aromatic nitrogens is 3. The summed E-state index contributed by atoms with van der Waals surface area (Å²) in [7, 11) is 3.25. The van der Waals surface area contributed by atoms with E-state index < -0.39 is 0 Å². The minimum atomic E-state index is 0.699. The first-order valence-electron chi connectivity index (χ1n) is 5.56. The molecule has 0 bridgehead atoms. The van der Waals surface area contributed by atoms with Crippen LogP contribution in [0.3, 0.4) is 0 Å². The van der Waals surface area contributed by atoms with Crippen molar-refractivity contribution in [3.05, 3.63) is 18.2 Å². The van der Waals surface area contributed by atoms with E-state index in [9.17, 15) is 0 Å². The van der Waals surface area contributed by atoms with Gasteiger partial charge in [0.25, 0.3) is 0 Å². The van der Waals surface area contributed by atoms with Gasteiger partial charge < -0.3 is 9.47 Å². The van der Waals surface area contributed by atoms with Gasteiger partial charge in [-0.25, -0.2) is 4.98 Å². The Bertz CT molecular complexity index is 528. The standard InChI is InChI=1S/C12H15N3O2S/c1-4-18-12-13-11(14-15-12)9-6-5-8(16-2)7-10(9)17-3/h5-7H,4H2,1-3H3,(H,13,14,15). The molecule has 0 fully saturated rings. The van der Waals surface area contributed by atoms with Crippen molar-refractivity contribution < 1.29 is 9.47 Å². The average Bonchev–Trinajstić information content (AvgIpc) is 2.87. The van der Waals surface area contributed by atoms with E-state index in [-0.39, 0.29) is 0 Å². The molecule has 1 N–H and O–H groups in total. The molecule has 2 aromatic rings. The highest BCUT2D eigenvalue weighted by molar-refractivity contribution is 7.99. The zero-order valence-corrected chi connectivity index (χ0v) is 11.4. The first-order valence-corrected chi connectivity index (χ1v) is 6.54. The minimum Gasteiger partial charge on any atom is -0.497 e. The van der Waals surface area contributed by atoms with Crippen LogP contribution in [0.15, 0.2) is 23.4 Å². The summed E-state index contributed by atoms with van der Waals surface area (Å²) in [5, 5.41) is 7.80. The molecular formula is C12H15N3O2S. The second-order valence-corrected chi connectivity index (χ2v) is 4.70. The Morgan fingerprint density at radius 1 is 1.28 bits per heavy atom. The van der Waals surface area contributed by atoms with Crippen LogP contribution >= 0.6 is 11.8 Å². The number of rotatable bonds is 5. The molecule has 18 heavy (non-hydrogen) atoms. The maximum atomic E-state index is 5.34. The number of thioether (sulfide) groups is 1. The molecule has 5 nitrogen and oxygen atoms in total. The third kappa shape index (κ3) is 2.59. The number of H-pyrrole nitrogens is 1. The number of hydrogen-bond donors (Lipinski definition) is 1. The maximum Gasteiger partial charge on any atom is 0.208 e. The molecule has 1 aromatic carbocycles. The third-order valence-corrected chi connectivity index (χ3v) is 3.13. The van der Waals surface area contributed by atoms with Crippen molar-refractivity contribution in [2.45, 2.75) is 12.1 Å². The second-order valence-electron chi connectivity index (χ2n) is 3.47. The first-order chi connectivity index (χ1) is 8.78. The van der Waals surface area contributed by atoms with Crippen LogP contribution in [0.5, 0.6) is 11.5 Å². The average molecular weight is 265 g/mol. The molecule has 1 heterocycles. The first kappa shape index (κ1) is 12.8. The Morgan fingerprint density at radius 3 is 2.78 bits per heavy atom. The molecule has 2 rings (SSSR count). The van der Waals surface area contributed by atoms with Crippen LogP contribution in [-0.2, 0) is 0 Å². The number of aromatic amines is 1. The van der Waals surface area contributed by atoms with Gasteiger partial charge in [0, 0.05) is 6.07 Å². The molecule has 0 saturated heterocycles. The van der Waals surface area contributed by atoms with Gasteiger partial charge in [-0.05, 0) is 17.9 Å². The number of benzene rings is 1. The van der Waals surface area contributed by atoms with E-state index in [2.05, 4.69) is 22.1 Å². The van der Waals surface area contributed by atoms with Gasteiger partial charge in [0.05, 0.1) is 19.8 Å². The smallest absolute Gasteiger partial charge is 0.208 e. The topological polar surface area (TPSA) is 60.0 Å². The highest BCUT2D eigenvalue weighted by Gasteiger charge is 2.11. The Labute approximate surface area is 110 Å². The highest BCUT2D eigenvalue weighted by atomic mass is 32.2. The normalized spacial score (nSPS) is 10.4. The van der Waals surface area contributed by atoms with E-state index in [0.29, 0.717) is 11.6 Å². The Hall–Kier alpha value is -1.69. The maximum absolute atomic E-state index is 5.34. The highest BCUT2D eigenvalue weighted by Crippen LogP contribution is 2.31. The van der Waals surface area contributed by atoms with Crippen molar-refractivity contribution in [1.82, 2.24) is 15.2 Å². The lowest BCUT2D eigenvalue weighted by Gasteiger charge is -2.07. The summed E-state index contributed by atoms with van der Waals surface area (Å²) in [6, 6.07) is 5.59. The van der Waals surface area contributed by atoms with E-state index in [1.165, 1.54) is 0 Å². The predicted molar refractivity (Wildman–Crippen MR) is 71.3 cm³/mol. The van der Waals surface area contributed by atoms with E-state index in [4.69, 9.17) is 9.47 Å². The molecule has 0 unspecified atom stereocenters. The molecule has 0 aliphatic carbocycles. The zero-order chi connectivity index (χ0) is 13.0. The second kappa shape index (κ2) is 5.77. The predicted octanol–water partition coefficient (Wildman–Crippen LogP) is 2.60. The Kier molecular flexibility index (Phi) is 4.09. The van der Waals surface area contributed by atoms with E-state index in [0.717, 1.165) is 22.2 Å². The fourth-order valence-electron chi connectivity index (χ4n) is 1.55. The Balaban J connectivity index is 2.36. The summed E-state index contributed by atoms with van der Waals surface area (Å²) in [6.07, 6.45) is 0. The quantitative estimate of drug-likeness (QED) is 0.842. The molecule has 6 heteroatoms. The monoisotopic (exact) mass is 265 g/mol. The van der Waals surface area contributed by atoms with Gasteiger partial charge in [0.15, 0.2) is 5.82 Å². The van der Waals surface area contributed by atoms with Gasteiger partial charge in [0.1, 0.15) is 11.5 Å². The molecule has 1 aromatic heterocycles. The number of nitrogens with zero attached hydrogens (tertiary/aromatic N) is 2. The molecule has 0 aliphatic heterocycles. The van der Waals surface area contributed by atoms with Gasteiger partial charge in [-0.1, -0.05) is 18.7 Å². The summed E-state index contributed by atoms with van der Waals surface area (Å²) in [5.74, 6) is 3.10.